The number of benzene rings is 3. The molecule has 0 spiro atoms. The fourth-order valence-electron chi connectivity index (χ4n) is 3.14. The molecule has 2 N–H and O–H groups in total. The van der Waals surface area contributed by atoms with Gasteiger partial charge in [0.25, 0.3) is 0 Å². The smallest absolute Gasteiger partial charge is 0.170 e. The lowest BCUT2D eigenvalue weighted by molar-refractivity contribution is 0.354. The average molecular weight is 407 g/mol. The van der Waals surface area contributed by atoms with Crippen LogP contribution in [0.2, 0.25) is 0 Å². The molecule has 0 aliphatic heterocycles. The molecular formula is C24H26N2O2S. The summed E-state index contributed by atoms with van der Waals surface area (Å²) in [7, 11) is 3.28. The predicted octanol–water partition coefficient (Wildman–Crippen LogP) is 4.82. The molecule has 150 valence electrons. The molecule has 0 aliphatic rings. The van der Waals surface area contributed by atoms with E-state index < -0.39 is 0 Å². The third kappa shape index (κ3) is 5.96. The third-order valence-corrected chi connectivity index (χ3v) is 4.90. The molecule has 0 saturated carbocycles. The van der Waals surface area contributed by atoms with Crippen LogP contribution >= 0.6 is 12.2 Å². The Morgan fingerprint density at radius 3 is 2.31 bits per heavy atom. The van der Waals surface area contributed by atoms with E-state index in [2.05, 4.69) is 53.1 Å². The van der Waals surface area contributed by atoms with E-state index in [0.29, 0.717) is 5.11 Å². The topological polar surface area (TPSA) is 42.5 Å². The summed E-state index contributed by atoms with van der Waals surface area (Å²) in [6.45, 7) is 0.724. The van der Waals surface area contributed by atoms with Gasteiger partial charge in [-0.3, -0.25) is 0 Å². The van der Waals surface area contributed by atoms with Crippen molar-refractivity contribution in [2.45, 2.75) is 12.8 Å². The number of anilines is 1. The molecule has 3 rings (SSSR count). The van der Waals surface area contributed by atoms with Crippen molar-refractivity contribution in [2.75, 3.05) is 26.1 Å². The molecule has 0 amide bonds. The second kappa shape index (κ2) is 10.5. The highest BCUT2D eigenvalue weighted by Crippen LogP contribution is 2.27. The predicted molar refractivity (Wildman–Crippen MR) is 123 cm³/mol. The van der Waals surface area contributed by atoms with Crippen molar-refractivity contribution in [1.29, 1.82) is 0 Å². The van der Waals surface area contributed by atoms with Crippen molar-refractivity contribution in [3.63, 3.8) is 0 Å². The molecule has 0 saturated heterocycles. The van der Waals surface area contributed by atoms with Crippen molar-refractivity contribution >= 4 is 23.0 Å². The lowest BCUT2D eigenvalue weighted by Gasteiger charge is -2.15. The van der Waals surface area contributed by atoms with Gasteiger partial charge in [-0.25, -0.2) is 0 Å². The standard InChI is InChI=1S/C24H26N2O2S/c1-27-22-13-12-19(17-23(22)28-2)14-15-25-24(29)26-21-11-7-6-10-20(21)16-18-8-4-3-5-9-18/h3-13,17H,14-16H2,1-2H3,(H2,25,26,29). The number of thiocarbonyl (C=S) groups is 1. The van der Waals surface area contributed by atoms with E-state index in [4.69, 9.17) is 21.7 Å². The van der Waals surface area contributed by atoms with E-state index in [9.17, 15) is 0 Å². The maximum atomic E-state index is 5.50. The lowest BCUT2D eigenvalue weighted by Crippen LogP contribution is -2.30. The Morgan fingerprint density at radius 1 is 0.828 bits per heavy atom. The average Bonchev–Trinajstić information content (AvgIpc) is 2.75. The zero-order valence-corrected chi connectivity index (χ0v) is 17.6. The number of para-hydroxylation sites is 1. The van der Waals surface area contributed by atoms with Gasteiger partial charge in [0.1, 0.15) is 0 Å². The Balaban J connectivity index is 1.55. The van der Waals surface area contributed by atoms with E-state index in [0.717, 1.165) is 42.1 Å². The summed E-state index contributed by atoms with van der Waals surface area (Å²) in [6.07, 6.45) is 1.69. The zero-order chi connectivity index (χ0) is 20.5. The van der Waals surface area contributed by atoms with Crippen molar-refractivity contribution in [1.82, 2.24) is 5.32 Å². The highest BCUT2D eigenvalue weighted by Gasteiger charge is 2.07. The van der Waals surface area contributed by atoms with Gasteiger partial charge in [0.15, 0.2) is 16.6 Å². The van der Waals surface area contributed by atoms with E-state index >= 15 is 0 Å². The Bertz CT molecular complexity index is 945. The fraction of sp³-hybridized carbons (Fsp3) is 0.208. The fourth-order valence-corrected chi connectivity index (χ4v) is 3.35. The van der Waals surface area contributed by atoms with Crippen LogP contribution in [0.4, 0.5) is 5.69 Å². The van der Waals surface area contributed by atoms with Crippen LogP contribution in [-0.2, 0) is 12.8 Å². The van der Waals surface area contributed by atoms with Crippen LogP contribution in [0.25, 0.3) is 0 Å². The number of rotatable bonds is 8. The highest BCUT2D eigenvalue weighted by molar-refractivity contribution is 7.80. The maximum Gasteiger partial charge on any atom is 0.170 e. The summed E-state index contributed by atoms with van der Waals surface area (Å²) < 4.78 is 10.6. The molecule has 0 bridgehead atoms. The minimum absolute atomic E-state index is 0.617. The van der Waals surface area contributed by atoms with Gasteiger partial charge in [-0.05, 0) is 59.9 Å². The quantitative estimate of drug-likeness (QED) is 0.525. The van der Waals surface area contributed by atoms with Gasteiger partial charge < -0.3 is 20.1 Å². The van der Waals surface area contributed by atoms with Gasteiger partial charge >= 0.3 is 0 Å². The van der Waals surface area contributed by atoms with Gasteiger partial charge in [-0.15, -0.1) is 0 Å². The minimum atomic E-state index is 0.617. The first-order chi connectivity index (χ1) is 14.2. The summed E-state index contributed by atoms with van der Waals surface area (Å²) in [4.78, 5) is 0. The second-order valence-electron chi connectivity index (χ2n) is 6.64. The molecule has 5 heteroatoms. The molecule has 0 atom stereocenters. The van der Waals surface area contributed by atoms with Gasteiger partial charge in [-0.1, -0.05) is 54.6 Å². The Kier molecular flexibility index (Phi) is 7.47. The molecule has 0 radical (unpaired) electrons. The van der Waals surface area contributed by atoms with Gasteiger partial charge in [0.05, 0.1) is 14.2 Å². The van der Waals surface area contributed by atoms with E-state index in [1.54, 1.807) is 14.2 Å². The van der Waals surface area contributed by atoms with E-state index in [-0.39, 0.29) is 0 Å². The summed E-state index contributed by atoms with van der Waals surface area (Å²) in [5, 5.41) is 7.24. The molecular weight excluding hydrogens is 380 g/mol. The van der Waals surface area contributed by atoms with Crippen LogP contribution in [0.3, 0.4) is 0 Å². The number of nitrogens with one attached hydrogen (secondary N) is 2. The van der Waals surface area contributed by atoms with Crippen molar-refractivity contribution in [3.05, 3.63) is 89.5 Å². The second-order valence-corrected chi connectivity index (χ2v) is 7.05. The van der Waals surface area contributed by atoms with Gasteiger partial charge in [0, 0.05) is 12.2 Å². The summed E-state index contributed by atoms with van der Waals surface area (Å²) in [6, 6.07) is 24.6. The Labute approximate surface area is 177 Å². The first kappa shape index (κ1) is 20.7. The van der Waals surface area contributed by atoms with Crippen molar-refractivity contribution in [2.24, 2.45) is 0 Å². The maximum absolute atomic E-state index is 5.50. The molecule has 0 aliphatic carbocycles. The molecule has 29 heavy (non-hydrogen) atoms. The number of methoxy groups -OCH3 is 2. The first-order valence-corrected chi connectivity index (χ1v) is 9.98. The van der Waals surface area contributed by atoms with Crippen molar-refractivity contribution in [3.8, 4) is 11.5 Å². The monoisotopic (exact) mass is 406 g/mol. The lowest BCUT2D eigenvalue weighted by atomic mass is 10.0. The molecule has 3 aromatic carbocycles. The SMILES string of the molecule is COc1ccc(CCNC(=S)Nc2ccccc2Cc2ccccc2)cc1OC. The number of ether oxygens (including phenoxy) is 2. The van der Waals surface area contributed by atoms with Crippen LogP contribution in [0.15, 0.2) is 72.8 Å². The molecule has 4 nitrogen and oxygen atoms in total. The Hall–Kier alpha value is -3.05. The van der Waals surface area contributed by atoms with E-state index in [1.165, 1.54) is 11.1 Å². The summed E-state index contributed by atoms with van der Waals surface area (Å²) in [5.41, 5.74) is 4.67. The number of hydrogen-bond acceptors (Lipinski definition) is 3. The number of hydrogen-bond donors (Lipinski definition) is 2. The van der Waals surface area contributed by atoms with Crippen LogP contribution in [0.5, 0.6) is 11.5 Å². The summed E-state index contributed by atoms with van der Waals surface area (Å²) in [5.74, 6) is 1.47. The normalized spacial score (nSPS) is 10.3. The molecule has 0 unspecified atom stereocenters. The van der Waals surface area contributed by atoms with Gasteiger partial charge in [-0.2, -0.15) is 0 Å². The minimum Gasteiger partial charge on any atom is -0.493 e. The molecule has 0 fully saturated rings. The highest BCUT2D eigenvalue weighted by atomic mass is 32.1. The van der Waals surface area contributed by atoms with Crippen LogP contribution in [0.1, 0.15) is 16.7 Å². The van der Waals surface area contributed by atoms with Crippen LogP contribution in [-0.4, -0.2) is 25.9 Å². The molecule has 3 aromatic rings. The molecule has 0 heterocycles. The largest absolute Gasteiger partial charge is 0.493 e. The molecule has 0 aromatic heterocycles. The zero-order valence-electron chi connectivity index (χ0n) is 16.8. The summed E-state index contributed by atoms with van der Waals surface area (Å²) >= 11 is 5.50. The van der Waals surface area contributed by atoms with Crippen LogP contribution < -0.4 is 20.1 Å². The van der Waals surface area contributed by atoms with E-state index in [1.807, 2.05) is 30.3 Å². The third-order valence-electron chi connectivity index (χ3n) is 4.65. The van der Waals surface area contributed by atoms with Crippen LogP contribution in [0, 0.1) is 0 Å². The first-order valence-electron chi connectivity index (χ1n) is 9.57. The van der Waals surface area contributed by atoms with Crippen molar-refractivity contribution < 1.29 is 9.47 Å². The Morgan fingerprint density at radius 2 is 1.55 bits per heavy atom. The van der Waals surface area contributed by atoms with Gasteiger partial charge in [0.2, 0.25) is 0 Å².